The van der Waals surface area contributed by atoms with Crippen molar-refractivity contribution in [3.8, 4) is 46.0 Å². The molecule has 0 radical (unpaired) electrons. The average Bonchev–Trinajstić information content (AvgIpc) is 2.99. The van der Waals surface area contributed by atoms with Gasteiger partial charge in [-0.3, -0.25) is 14.4 Å². The van der Waals surface area contributed by atoms with Crippen LogP contribution in [-0.4, -0.2) is 64.6 Å². The highest BCUT2D eigenvalue weighted by molar-refractivity contribution is 6.08. The maximum atomic E-state index is 13.6. The SMILES string of the molecule is CC(C)CC(N)C(=O)N/C(=C\c1cc(O)c(O)c(O)c1)C(=O)N/C(=C/c1cc(O)c(O)c(O)c1)C(=O)N/C=C/c1ccc(O)c(O)c1. The molecule has 0 saturated heterocycles. The van der Waals surface area contributed by atoms with Crippen LogP contribution in [0.25, 0.3) is 18.2 Å². The Labute approximate surface area is 267 Å². The van der Waals surface area contributed by atoms with E-state index in [9.17, 15) is 55.2 Å². The fraction of sp³-hybridized carbons (Fsp3) is 0.156. The molecule has 0 saturated carbocycles. The lowest BCUT2D eigenvalue weighted by Gasteiger charge is -2.17. The van der Waals surface area contributed by atoms with Crippen molar-refractivity contribution in [2.75, 3.05) is 0 Å². The second kappa shape index (κ2) is 15.1. The van der Waals surface area contributed by atoms with Gasteiger partial charge in [-0.05, 0) is 83.7 Å². The molecule has 0 aliphatic carbocycles. The molecule has 15 nitrogen and oxygen atoms in total. The van der Waals surface area contributed by atoms with Crippen LogP contribution < -0.4 is 21.7 Å². The van der Waals surface area contributed by atoms with Gasteiger partial charge in [-0.2, -0.15) is 0 Å². The van der Waals surface area contributed by atoms with E-state index in [1.165, 1.54) is 24.3 Å². The zero-order valence-electron chi connectivity index (χ0n) is 25.1. The predicted octanol–water partition coefficient (Wildman–Crippen LogP) is 2.11. The molecule has 3 aromatic carbocycles. The Bertz CT molecular complexity index is 1730. The minimum Gasteiger partial charge on any atom is -0.504 e. The molecule has 1 atom stereocenters. The standard InChI is InChI=1S/C32H34N4O11/c1-15(2)7-19(33)30(45)35-21(9-18-13-26(41)29(44)27(42)14-18)32(47)36-20(8-17-11-24(39)28(43)25(40)12-17)31(46)34-6-5-16-3-4-22(37)23(38)10-16/h3-6,8-15,19,37-44H,7,33H2,1-2H3,(H,34,46)(H,35,45)(H,36,47)/b6-5+,20-8+,21-9-. The van der Waals surface area contributed by atoms with Crippen LogP contribution in [0.2, 0.25) is 0 Å². The molecule has 0 spiro atoms. The van der Waals surface area contributed by atoms with Gasteiger partial charge in [-0.25, -0.2) is 0 Å². The first-order chi connectivity index (χ1) is 22.0. The molecule has 0 heterocycles. The lowest BCUT2D eigenvalue weighted by molar-refractivity contribution is -0.125. The Morgan fingerprint density at radius 3 is 1.60 bits per heavy atom. The maximum Gasteiger partial charge on any atom is 0.272 e. The number of aromatic hydroxyl groups is 8. The third-order valence-electron chi connectivity index (χ3n) is 6.35. The minimum atomic E-state index is -1.11. The molecule has 0 fully saturated rings. The number of nitrogens with one attached hydrogen (secondary N) is 3. The Morgan fingerprint density at radius 2 is 1.13 bits per heavy atom. The van der Waals surface area contributed by atoms with Gasteiger partial charge >= 0.3 is 0 Å². The van der Waals surface area contributed by atoms with Crippen LogP contribution in [0, 0.1) is 5.92 Å². The first kappa shape index (κ1) is 35.1. The van der Waals surface area contributed by atoms with Crippen molar-refractivity contribution in [3.05, 3.63) is 76.7 Å². The molecule has 0 aliphatic heterocycles. The van der Waals surface area contributed by atoms with Crippen LogP contribution in [0.4, 0.5) is 0 Å². The molecule has 248 valence electrons. The summed E-state index contributed by atoms with van der Waals surface area (Å²) in [6, 6.07) is 6.74. The van der Waals surface area contributed by atoms with Gasteiger partial charge in [0.15, 0.2) is 46.0 Å². The number of rotatable bonds is 11. The number of carbonyl (C=O) groups is 3. The van der Waals surface area contributed by atoms with E-state index in [1.807, 2.05) is 13.8 Å². The topological polar surface area (TPSA) is 275 Å². The van der Waals surface area contributed by atoms with Gasteiger partial charge in [-0.15, -0.1) is 0 Å². The monoisotopic (exact) mass is 650 g/mol. The van der Waals surface area contributed by atoms with Crippen molar-refractivity contribution in [3.63, 3.8) is 0 Å². The summed E-state index contributed by atoms with van der Waals surface area (Å²) in [6.07, 6.45) is 4.78. The summed E-state index contributed by atoms with van der Waals surface area (Å²) in [7, 11) is 0. The van der Waals surface area contributed by atoms with Crippen LogP contribution in [0.15, 0.2) is 60.1 Å². The molecule has 47 heavy (non-hydrogen) atoms. The number of hydrogen-bond donors (Lipinski definition) is 12. The number of carbonyl (C=O) groups excluding carboxylic acids is 3. The zero-order valence-corrected chi connectivity index (χ0v) is 25.1. The molecular formula is C32H34N4O11. The van der Waals surface area contributed by atoms with Crippen molar-refractivity contribution in [2.45, 2.75) is 26.3 Å². The Kier molecular flexibility index (Phi) is 11.3. The molecule has 0 aromatic heterocycles. The molecule has 0 bridgehead atoms. The number of phenols is 8. The van der Waals surface area contributed by atoms with E-state index in [-0.39, 0.29) is 29.2 Å². The molecule has 3 amide bonds. The van der Waals surface area contributed by atoms with Crippen molar-refractivity contribution < 1.29 is 55.2 Å². The quantitative estimate of drug-likeness (QED) is 0.105. The first-order valence-corrected chi connectivity index (χ1v) is 13.9. The second-order valence-corrected chi connectivity index (χ2v) is 10.7. The summed E-state index contributed by atoms with van der Waals surface area (Å²) in [5.74, 6) is -8.23. The van der Waals surface area contributed by atoms with Crippen molar-refractivity contribution in [1.82, 2.24) is 16.0 Å². The van der Waals surface area contributed by atoms with E-state index in [0.29, 0.717) is 5.56 Å². The number of benzene rings is 3. The number of amides is 3. The third kappa shape index (κ3) is 9.57. The minimum absolute atomic E-state index is 0.0120. The van der Waals surface area contributed by atoms with E-state index < -0.39 is 75.4 Å². The van der Waals surface area contributed by atoms with Gasteiger partial charge in [-0.1, -0.05) is 19.9 Å². The van der Waals surface area contributed by atoms with Crippen molar-refractivity contribution in [2.24, 2.45) is 11.7 Å². The van der Waals surface area contributed by atoms with E-state index in [4.69, 9.17) is 5.73 Å². The van der Waals surface area contributed by atoms with Crippen LogP contribution in [0.5, 0.6) is 46.0 Å². The molecule has 3 aromatic rings. The smallest absolute Gasteiger partial charge is 0.272 e. The largest absolute Gasteiger partial charge is 0.504 e. The highest BCUT2D eigenvalue weighted by Crippen LogP contribution is 2.37. The highest BCUT2D eigenvalue weighted by atomic mass is 16.3. The summed E-state index contributed by atoms with van der Waals surface area (Å²) in [5.41, 5.74) is 5.21. The summed E-state index contributed by atoms with van der Waals surface area (Å²) in [5, 5.41) is 85.4. The van der Waals surface area contributed by atoms with E-state index in [0.717, 1.165) is 42.6 Å². The van der Waals surface area contributed by atoms with Gasteiger partial charge < -0.3 is 62.5 Å². The summed E-state index contributed by atoms with van der Waals surface area (Å²) >= 11 is 0. The third-order valence-corrected chi connectivity index (χ3v) is 6.35. The number of nitrogens with two attached hydrogens (primary N) is 1. The average molecular weight is 651 g/mol. The fourth-order valence-electron chi connectivity index (χ4n) is 4.03. The normalized spacial score (nSPS) is 12.6. The van der Waals surface area contributed by atoms with Crippen molar-refractivity contribution >= 4 is 35.9 Å². The summed E-state index contributed by atoms with van der Waals surface area (Å²) < 4.78 is 0. The fourth-order valence-corrected chi connectivity index (χ4v) is 4.03. The van der Waals surface area contributed by atoms with Gasteiger partial charge in [0.1, 0.15) is 11.4 Å². The molecule has 0 aliphatic rings. The van der Waals surface area contributed by atoms with Gasteiger partial charge in [0, 0.05) is 6.20 Å². The lowest BCUT2D eigenvalue weighted by Crippen LogP contribution is -2.44. The van der Waals surface area contributed by atoms with Crippen LogP contribution in [-0.2, 0) is 14.4 Å². The Hall–Kier alpha value is -6.35. The summed E-state index contributed by atoms with van der Waals surface area (Å²) in [6.45, 7) is 3.65. The van der Waals surface area contributed by atoms with E-state index in [2.05, 4.69) is 16.0 Å². The molecule has 3 rings (SSSR count). The van der Waals surface area contributed by atoms with Crippen LogP contribution >= 0.6 is 0 Å². The second-order valence-electron chi connectivity index (χ2n) is 10.7. The summed E-state index contributed by atoms with van der Waals surface area (Å²) in [4.78, 5) is 39.7. The van der Waals surface area contributed by atoms with Crippen LogP contribution in [0.3, 0.4) is 0 Å². The highest BCUT2D eigenvalue weighted by Gasteiger charge is 2.22. The predicted molar refractivity (Wildman–Crippen MR) is 169 cm³/mol. The maximum absolute atomic E-state index is 13.6. The Morgan fingerprint density at radius 1 is 0.660 bits per heavy atom. The number of hydrogen-bond acceptors (Lipinski definition) is 12. The van der Waals surface area contributed by atoms with Gasteiger partial charge in [0.05, 0.1) is 6.04 Å². The molecule has 1 unspecified atom stereocenters. The van der Waals surface area contributed by atoms with E-state index in [1.54, 1.807) is 0 Å². The Balaban J connectivity index is 2.03. The lowest BCUT2D eigenvalue weighted by atomic mass is 10.0. The first-order valence-electron chi connectivity index (χ1n) is 13.9. The molecule has 15 heteroatoms. The molecule has 13 N–H and O–H groups in total. The number of phenolic OH excluding ortho intramolecular Hbond substituents is 8. The van der Waals surface area contributed by atoms with Crippen molar-refractivity contribution in [1.29, 1.82) is 0 Å². The zero-order chi connectivity index (χ0) is 35.0. The van der Waals surface area contributed by atoms with Crippen LogP contribution in [0.1, 0.15) is 37.0 Å². The van der Waals surface area contributed by atoms with Gasteiger partial charge in [0.25, 0.3) is 11.8 Å². The molecular weight excluding hydrogens is 616 g/mol. The van der Waals surface area contributed by atoms with E-state index >= 15 is 0 Å². The van der Waals surface area contributed by atoms with Gasteiger partial charge in [0.2, 0.25) is 5.91 Å².